The van der Waals surface area contributed by atoms with Gasteiger partial charge in [-0.25, -0.2) is 4.79 Å². The number of fused-ring (bicyclic) bond motifs is 1. The van der Waals surface area contributed by atoms with E-state index in [2.05, 4.69) is 25.6 Å². The van der Waals surface area contributed by atoms with Gasteiger partial charge in [-0.2, -0.15) is 17.9 Å². The van der Waals surface area contributed by atoms with Gasteiger partial charge in [0.05, 0.1) is 29.3 Å². The molecule has 5 rings (SSSR count). The first kappa shape index (κ1) is 26.9. The number of rotatable bonds is 6. The molecule has 1 aliphatic carbocycles. The normalized spacial score (nSPS) is 22.4. The van der Waals surface area contributed by atoms with Crippen molar-refractivity contribution in [3.8, 4) is 0 Å². The maximum Gasteiger partial charge on any atom is 0.416 e. The van der Waals surface area contributed by atoms with Crippen LogP contribution in [-0.2, 0) is 16.6 Å². The molecule has 208 valence electrons. The minimum Gasteiger partial charge on any atom is -0.385 e. The number of hydrogen-bond acceptors (Lipinski definition) is 7. The van der Waals surface area contributed by atoms with Crippen LogP contribution >= 0.6 is 0 Å². The maximum absolute atomic E-state index is 13.2. The SMILES string of the molecule is Cc1ccc(C2(O)CCC(N3CC(NC(=O)CNc4nn(C(N)=O)c5ccc(C(F)(F)F)cc45)C3)CC2)cn1. The average molecular weight is 546 g/mol. The maximum atomic E-state index is 13.2. The van der Waals surface area contributed by atoms with E-state index >= 15 is 0 Å². The third-order valence-electron chi connectivity index (χ3n) is 7.65. The first-order valence-electron chi connectivity index (χ1n) is 12.8. The first-order chi connectivity index (χ1) is 18.4. The van der Waals surface area contributed by atoms with E-state index in [0.29, 0.717) is 32.0 Å². The Morgan fingerprint density at radius 2 is 1.90 bits per heavy atom. The van der Waals surface area contributed by atoms with Crippen LogP contribution in [0.1, 0.15) is 42.5 Å². The van der Waals surface area contributed by atoms with Crippen molar-refractivity contribution in [2.24, 2.45) is 5.73 Å². The minimum atomic E-state index is -4.58. The second kappa shape index (κ2) is 10.1. The smallest absolute Gasteiger partial charge is 0.385 e. The van der Waals surface area contributed by atoms with Gasteiger partial charge in [0.2, 0.25) is 5.91 Å². The lowest BCUT2D eigenvalue weighted by molar-refractivity contribution is -0.137. The summed E-state index contributed by atoms with van der Waals surface area (Å²) in [7, 11) is 0. The zero-order valence-corrected chi connectivity index (χ0v) is 21.3. The number of amides is 2. The molecule has 1 aromatic carbocycles. The van der Waals surface area contributed by atoms with Crippen molar-refractivity contribution in [1.82, 2.24) is 25.0 Å². The number of likely N-dealkylation sites (tertiary alicyclic amines) is 1. The van der Waals surface area contributed by atoms with Crippen molar-refractivity contribution in [3.63, 3.8) is 0 Å². The summed E-state index contributed by atoms with van der Waals surface area (Å²) in [5, 5.41) is 20.7. The van der Waals surface area contributed by atoms with Crippen LogP contribution in [0.2, 0.25) is 0 Å². The largest absolute Gasteiger partial charge is 0.416 e. The van der Waals surface area contributed by atoms with Crippen LogP contribution < -0.4 is 16.4 Å². The number of aryl methyl sites for hydroxylation is 1. The number of hydrogen-bond donors (Lipinski definition) is 4. The highest BCUT2D eigenvalue weighted by Gasteiger charge is 2.40. The molecule has 0 radical (unpaired) electrons. The van der Waals surface area contributed by atoms with Crippen molar-refractivity contribution in [1.29, 1.82) is 0 Å². The second-order valence-electron chi connectivity index (χ2n) is 10.4. The standard InChI is InChI=1S/C26H30F3N7O3/c1-15-2-3-17(11-31-15)25(39)8-6-19(7-9-25)35-13-18(14-35)33-22(37)12-32-23-20-10-16(26(27,28)29)4-5-21(20)36(34-23)24(30)38/h2-5,10-11,18-19,39H,6-9,12-14H2,1H3,(H2,30,38)(H,32,34)(H,33,37). The molecule has 1 saturated carbocycles. The lowest BCUT2D eigenvalue weighted by Gasteiger charge is -2.48. The fourth-order valence-corrected chi connectivity index (χ4v) is 5.41. The molecule has 2 aromatic heterocycles. The first-order valence-corrected chi connectivity index (χ1v) is 12.8. The molecular weight excluding hydrogens is 515 g/mol. The number of carbonyl (C=O) groups is 2. The van der Waals surface area contributed by atoms with Crippen LogP contribution in [0.5, 0.6) is 0 Å². The summed E-state index contributed by atoms with van der Waals surface area (Å²) in [5.41, 5.74) is 5.38. The van der Waals surface area contributed by atoms with E-state index in [9.17, 15) is 27.9 Å². The molecule has 2 aliphatic rings. The van der Waals surface area contributed by atoms with E-state index in [1.807, 2.05) is 19.1 Å². The lowest BCUT2D eigenvalue weighted by atomic mass is 9.77. The predicted octanol–water partition coefficient (Wildman–Crippen LogP) is 2.73. The zero-order chi connectivity index (χ0) is 27.9. The summed E-state index contributed by atoms with van der Waals surface area (Å²) in [6.45, 7) is 3.02. The number of nitrogens with one attached hydrogen (secondary N) is 2. The quantitative estimate of drug-likeness (QED) is 0.374. The number of carbonyl (C=O) groups excluding carboxylic acids is 2. The summed E-state index contributed by atoms with van der Waals surface area (Å²) in [6.07, 6.45) is 0.117. The monoisotopic (exact) mass is 545 g/mol. The molecule has 2 amide bonds. The van der Waals surface area contributed by atoms with Crippen LogP contribution in [0.25, 0.3) is 10.9 Å². The van der Waals surface area contributed by atoms with Gasteiger partial charge in [-0.1, -0.05) is 6.07 Å². The average Bonchev–Trinajstić information content (AvgIpc) is 3.24. The summed E-state index contributed by atoms with van der Waals surface area (Å²) < 4.78 is 40.4. The number of anilines is 1. The van der Waals surface area contributed by atoms with E-state index in [1.54, 1.807) is 6.20 Å². The molecule has 2 fully saturated rings. The molecule has 39 heavy (non-hydrogen) atoms. The molecule has 3 aromatic rings. The molecule has 0 unspecified atom stereocenters. The Morgan fingerprint density at radius 1 is 1.18 bits per heavy atom. The highest BCUT2D eigenvalue weighted by atomic mass is 19.4. The molecule has 0 bridgehead atoms. The molecule has 3 heterocycles. The van der Waals surface area contributed by atoms with Crippen LogP contribution in [0.3, 0.4) is 0 Å². The van der Waals surface area contributed by atoms with Gasteiger partial charge in [-0.3, -0.25) is 14.7 Å². The predicted molar refractivity (Wildman–Crippen MR) is 137 cm³/mol. The van der Waals surface area contributed by atoms with Gasteiger partial charge in [-0.15, -0.1) is 5.10 Å². The van der Waals surface area contributed by atoms with Gasteiger partial charge in [0, 0.05) is 42.0 Å². The number of nitrogens with two attached hydrogens (primary N) is 1. The number of primary amides is 1. The molecule has 0 atom stereocenters. The third-order valence-corrected chi connectivity index (χ3v) is 7.65. The van der Waals surface area contributed by atoms with Gasteiger partial charge in [0.15, 0.2) is 5.82 Å². The van der Waals surface area contributed by atoms with Crippen molar-refractivity contribution in [3.05, 3.63) is 53.3 Å². The van der Waals surface area contributed by atoms with Gasteiger partial charge >= 0.3 is 12.2 Å². The second-order valence-corrected chi connectivity index (χ2v) is 10.4. The molecule has 1 saturated heterocycles. The van der Waals surface area contributed by atoms with Crippen molar-refractivity contribution in [2.75, 3.05) is 25.0 Å². The lowest BCUT2D eigenvalue weighted by Crippen LogP contribution is -2.63. The summed E-state index contributed by atoms with van der Waals surface area (Å²) in [6, 6.07) is 5.98. The fourth-order valence-electron chi connectivity index (χ4n) is 5.41. The Morgan fingerprint density at radius 3 is 2.51 bits per heavy atom. The Labute approximate surface area is 222 Å². The Balaban J connectivity index is 1.12. The van der Waals surface area contributed by atoms with Gasteiger partial charge in [0.1, 0.15) is 0 Å². The van der Waals surface area contributed by atoms with Gasteiger partial charge in [0.25, 0.3) is 0 Å². The van der Waals surface area contributed by atoms with Crippen molar-refractivity contribution < 1.29 is 27.9 Å². The number of benzene rings is 1. The number of aromatic nitrogens is 3. The number of nitrogens with zero attached hydrogens (tertiary/aromatic N) is 4. The van der Waals surface area contributed by atoms with E-state index in [-0.39, 0.29) is 35.2 Å². The van der Waals surface area contributed by atoms with E-state index in [1.165, 1.54) is 0 Å². The summed E-state index contributed by atoms with van der Waals surface area (Å²) >= 11 is 0. The molecular formula is C26H30F3N7O3. The zero-order valence-electron chi connectivity index (χ0n) is 21.3. The van der Waals surface area contributed by atoms with Crippen molar-refractivity contribution >= 4 is 28.7 Å². The van der Waals surface area contributed by atoms with Crippen LogP contribution in [0, 0.1) is 6.92 Å². The number of halogens is 3. The Kier molecular flexibility index (Phi) is 6.97. The van der Waals surface area contributed by atoms with Crippen LogP contribution in [-0.4, -0.2) is 68.4 Å². The highest BCUT2D eigenvalue weighted by Crippen LogP contribution is 2.39. The van der Waals surface area contributed by atoms with Gasteiger partial charge < -0.3 is 21.5 Å². The van der Waals surface area contributed by atoms with Crippen molar-refractivity contribution in [2.45, 2.75) is 56.5 Å². The summed E-state index contributed by atoms with van der Waals surface area (Å²) in [4.78, 5) is 30.8. The topological polar surface area (TPSA) is 138 Å². The fraction of sp³-hybridized carbons (Fsp3) is 0.462. The Bertz CT molecular complexity index is 1380. The highest BCUT2D eigenvalue weighted by molar-refractivity contribution is 5.97. The molecule has 1 aliphatic heterocycles. The minimum absolute atomic E-state index is 0.0323. The van der Waals surface area contributed by atoms with Crippen LogP contribution in [0.15, 0.2) is 36.5 Å². The van der Waals surface area contributed by atoms with E-state index < -0.39 is 23.4 Å². The molecule has 13 heteroatoms. The number of pyridine rings is 1. The van der Waals surface area contributed by atoms with Gasteiger partial charge in [-0.05, 0) is 56.9 Å². The molecule has 5 N–H and O–H groups in total. The number of aliphatic hydroxyl groups is 1. The van der Waals surface area contributed by atoms with E-state index in [0.717, 1.165) is 47.0 Å². The summed E-state index contributed by atoms with van der Waals surface area (Å²) in [5.74, 6) is -0.392. The van der Waals surface area contributed by atoms with Crippen LogP contribution in [0.4, 0.5) is 23.8 Å². The molecule has 0 spiro atoms. The third kappa shape index (κ3) is 5.55. The number of alkyl halides is 3. The Hall–Kier alpha value is -3.71. The van der Waals surface area contributed by atoms with E-state index in [4.69, 9.17) is 5.73 Å². The molecule has 10 nitrogen and oxygen atoms in total.